The summed E-state index contributed by atoms with van der Waals surface area (Å²) in [4.78, 5) is 2.62. The molecule has 0 aromatic heterocycles. The largest absolute Gasteiger partial charge is 0.327 e. The quantitative estimate of drug-likeness (QED) is 0.776. The molecule has 0 aliphatic carbocycles. The molecule has 90 valence electrons. The number of rotatable bonds is 4. The number of piperidine rings is 1. The van der Waals surface area contributed by atoms with Gasteiger partial charge in [0.15, 0.2) is 0 Å². The molecule has 1 aliphatic heterocycles. The Balaban J connectivity index is 2.30. The molecule has 1 aliphatic rings. The molecule has 0 aromatic rings. The van der Waals surface area contributed by atoms with E-state index in [9.17, 15) is 0 Å². The predicted molar refractivity (Wildman–Crippen MR) is 66.9 cm³/mol. The molecule has 3 unspecified atom stereocenters. The molecule has 1 rings (SSSR count). The summed E-state index contributed by atoms with van der Waals surface area (Å²) in [5, 5.41) is 0. The Labute approximate surface area is 95.2 Å². The van der Waals surface area contributed by atoms with Gasteiger partial charge >= 0.3 is 0 Å². The molecule has 0 saturated carbocycles. The number of likely N-dealkylation sites (tertiary alicyclic amines) is 1. The van der Waals surface area contributed by atoms with Gasteiger partial charge in [0.25, 0.3) is 0 Å². The molecule has 15 heavy (non-hydrogen) atoms. The van der Waals surface area contributed by atoms with E-state index in [1.165, 1.54) is 25.9 Å². The third-order valence-electron chi connectivity index (χ3n) is 3.85. The maximum atomic E-state index is 6.09. The smallest absolute Gasteiger partial charge is 0.00740 e. The van der Waals surface area contributed by atoms with E-state index in [4.69, 9.17) is 5.73 Å². The topological polar surface area (TPSA) is 29.3 Å². The number of hydrogen-bond donors (Lipinski definition) is 1. The van der Waals surface area contributed by atoms with Crippen molar-refractivity contribution in [1.82, 2.24) is 4.90 Å². The van der Waals surface area contributed by atoms with Crippen molar-refractivity contribution in [2.24, 2.45) is 17.6 Å². The van der Waals surface area contributed by atoms with Crippen molar-refractivity contribution in [3.8, 4) is 0 Å². The second-order valence-corrected chi connectivity index (χ2v) is 5.72. The van der Waals surface area contributed by atoms with E-state index in [1.54, 1.807) is 0 Å². The Morgan fingerprint density at radius 2 is 1.93 bits per heavy atom. The molecule has 0 spiro atoms. The monoisotopic (exact) mass is 212 g/mol. The molecule has 1 fully saturated rings. The molecular formula is C13H28N2. The van der Waals surface area contributed by atoms with Crippen molar-refractivity contribution in [3.63, 3.8) is 0 Å². The maximum absolute atomic E-state index is 6.09. The first-order valence-corrected chi connectivity index (χ1v) is 6.50. The fourth-order valence-electron chi connectivity index (χ4n) is 2.34. The summed E-state index contributed by atoms with van der Waals surface area (Å²) in [6.45, 7) is 11.6. The Kier molecular flexibility index (Phi) is 5.07. The molecule has 2 heteroatoms. The highest BCUT2D eigenvalue weighted by Gasteiger charge is 2.23. The minimum atomic E-state index is 0.370. The zero-order chi connectivity index (χ0) is 11.4. The fourth-order valence-corrected chi connectivity index (χ4v) is 2.34. The standard InChI is InChI=1S/C13H28N2/c1-10(2)13(14)7-8-15-9-11(3)5-6-12(15)4/h10-13H,5-9,14H2,1-4H3. The van der Waals surface area contributed by atoms with Crippen molar-refractivity contribution in [3.05, 3.63) is 0 Å². The SMILES string of the molecule is CC1CCC(C)N(CCC(N)C(C)C)C1. The Bertz CT molecular complexity index is 179. The van der Waals surface area contributed by atoms with Gasteiger partial charge in [0.1, 0.15) is 0 Å². The zero-order valence-corrected chi connectivity index (χ0v) is 10.9. The van der Waals surface area contributed by atoms with Crippen LogP contribution < -0.4 is 5.73 Å². The lowest BCUT2D eigenvalue weighted by atomic mass is 9.94. The highest BCUT2D eigenvalue weighted by atomic mass is 15.2. The molecule has 0 aromatic carbocycles. The fraction of sp³-hybridized carbons (Fsp3) is 1.00. The first-order valence-electron chi connectivity index (χ1n) is 6.50. The van der Waals surface area contributed by atoms with Gasteiger partial charge < -0.3 is 10.6 Å². The molecule has 0 bridgehead atoms. The lowest BCUT2D eigenvalue weighted by Gasteiger charge is -2.37. The molecular weight excluding hydrogens is 184 g/mol. The summed E-state index contributed by atoms with van der Waals surface area (Å²) in [6.07, 6.45) is 3.90. The van der Waals surface area contributed by atoms with E-state index < -0.39 is 0 Å². The van der Waals surface area contributed by atoms with Crippen LogP contribution in [0.15, 0.2) is 0 Å². The van der Waals surface area contributed by atoms with E-state index >= 15 is 0 Å². The van der Waals surface area contributed by atoms with Crippen LogP contribution in [0.1, 0.15) is 47.0 Å². The molecule has 0 amide bonds. The van der Waals surface area contributed by atoms with Gasteiger partial charge in [-0.3, -0.25) is 0 Å². The third-order valence-corrected chi connectivity index (χ3v) is 3.85. The highest BCUT2D eigenvalue weighted by Crippen LogP contribution is 2.21. The predicted octanol–water partition coefficient (Wildman–Crippen LogP) is 2.48. The van der Waals surface area contributed by atoms with Crippen LogP contribution in [0, 0.1) is 11.8 Å². The van der Waals surface area contributed by atoms with Gasteiger partial charge in [0.2, 0.25) is 0 Å². The average molecular weight is 212 g/mol. The van der Waals surface area contributed by atoms with Crippen LogP contribution in [-0.2, 0) is 0 Å². The summed E-state index contributed by atoms with van der Waals surface area (Å²) < 4.78 is 0. The zero-order valence-electron chi connectivity index (χ0n) is 10.9. The van der Waals surface area contributed by atoms with Gasteiger partial charge in [0, 0.05) is 18.6 Å². The minimum absolute atomic E-state index is 0.370. The summed E-state index contributed by atoms with van der Waals surface area (Å²) in [5.74, 6) is 1.49. The van der Waals surface area contributed by atoms with Crippen molar-refractivity contribution in [2.45, 2.75) is 59.0 Å². The third kappa shape index (κ3) is 4.12. The van der Waals surface area contributed by atoms with Gasteiger partial charge in [0.05, 0.1) is 0 Å². The Morgan fingerprint density at radius 3 is 2.53 bits per heavy atom. The summed E-state index contributed by atoms with van der Waals surface area (Å²) in [6, 6.07) is 1.13. The van der Waals surface area contributed by atoms with E-state index in [1.807, 2.05) is 0 Å². The van der Waals surface area contributed by atoms with Crippen LogP contribution in [0.4, 0.5) is 0 Å². The second-order valence-electron chi connectivity index (χ2n) is 5.72. The Hall–Kier alpha value is -0.0800. The van der Waals surface area contributed by atoms with E-state index in [2.05, 4.69) is 32.6 Å². The number of hydrogen-bond acceptors (Lipinski definition) is 2. The molecule has 1 saturated heterocycles. The van der Waals surface area contributed by atoms with Crippen molar-refractivity contribution < 1.29 is 0 Å². The van der Waals surface area contributed by atoms with Crippen LogP contribution in [0.2, 0.25) is 0 Å². The van der Waals surface area contributed by atoms with Crippen LogP contribution >= 0.6 is 0 Å². The number of nitrogens with zero attached hydrogens (tertiary/aromatic N) is 1. The lowest BCUT2D eigenvalue weighted by molar-refractivity contribution is 0.119. The molecule has 0 radical (unpaired) electrons. The van der Waals surface area contributed by atoms with Gasteiger partial charge in [-0.25, -0.2) is 0 Å². The van der Waals surface area contributed by atoms with Gasteiger partial charge in [-0.1, -0.05) is 20.8 Å². The first kappa shape index (κ1) is 13.0. The molecule has 2 nitrogen and oxygen atoms in total. The van der Waals surface area contributed by atoms with Crippen molar-refractivity contribution in [1.29, 1.82) is 0 Å². The van der Waals surface area contributed by atoms with Crippen LogP contribution in [-0.4, -0.2) is 30.1 Å². The summed E-state index contributed by atoms with van der Waals surface area (Å²) in [7, 11) is 0. The van der Waals surface area contributed by atoms with Crippen molar-refractivity contribution in [2.75, 3.05) is 13.1 Å². The minimum Gasteiger partial charge on any atom is -0.327 e. The molecule has 3 atom stereocenters. The lowest BCUT2D eigenvalue weighted by Crippen LogP contribution is -2.43. The Morgan fingerprint density at radius 1 is 1.27 bits per heavy atom. The van der Waals surface area contributed by atoms with E-state index in [0.29, 0.717) is 12.0 Å². The van der Waals surface area contributed by atoms with Crippen LogP contribution in [0.25, 0.3) is 0 Å². The highest BCUT2D eigenvalue weighted by molar-refractivity contribution is 4.78. The molecule has 2 N–H and O–H groups in total. The summed E-state index contributed by atoms with van der Waals surface area (Å²) >= 11 is 0. The summed E-state index contributed by atoms with van der Waals surface area (Å²) in [5.41, 5.74) is 6.09. The first-order chi connectivity index (χ1) is 7.00. The average Bonchev–Trinajstić information content (AvgIpc) is 2.18. The molecule has 1 heterocycles. The second kappa shape index (κ2) is 5.86. The van der Waals surface area contributed by atoms with Crippen LogP contribution in [0.5, 0.6) is 0 Å². The maximum Gasteiger partial charge on any atom is 0.00740 e. The van der Waals surface area contributed by atoms with Gasteiger partial charge in [-0.05, 0) is 44.6 Å². The normalized spacial score (nSPS) is 30.8. The van der Waals surface area contributed by atoms with E-state index in [0.717, 1.165) is 18.4 Å². The van der Waals surface area contributed by atoms with Crippen molar-refractivity contribution >= 4 is 0 Å². The van der Waals surface area contributed by atoms with E-state index in [-0.39, 0.29) is 0 Å². The van der Waals surface area contributed by atoms with Crippen LogP contribution in [0.3, 0.4) is 0 Å². The number of nitrogens with two attached hydrogens (primary N) is 1. The van der Waals surface area contributed by atoms with Gasteiger partial charge in [-0.15, -0.1) is 0 Å². The van der Waals surface area contributed by atoms with Gasteiger partial charge in [-0.2, -0.15) is 0 Å².